The quantitative estimate of drug-likeness (QED) is 0.319. The minimum Gasteiger partial charge on any atom is -0.467 e. The monoisotopic (exact) mass is 348 g/mol. The Bertz CT molecular complexity index is 631. The fraction of sp³-hybridized carbons (Fsp3) is 0.444. The highest BCUT2D eigenvalue weighted by Gasteiger charge is 2.47. The molecule has 0 unspecified atom stereocenters. The molecule has 0 N–H and O–H groups in total. The Hall–Kier alpha value is -2.70. The summed E-state index contributed by atoms with van der Waals surface area (Å²) in [6.07, 6.45) is 5.18. The zero-order valence-electron chi connectivity index (χ0n) is 13.9. The summed E-state index contributed by atoms with van der Waals surface area (Å²) < 4.78 is 15.7. The second-order valence-corrected chi connectivity index (χ2v) is 5.95. The Morgan fingerprint density at radius 2 is 2.20 bits per heavy atom. The molecule has 2 aliphatic rings. The molecule has 0 saturated carbocycles. The summed E-state index contributed by atoms with van der Waals surface area (Å²) in [7, 11) is 0. The summed E-state index contributed by atoms with van der Waals surface area (Å²) in [6, 6.07) is 0. The van der Waals surface area contributed by atoms with E-state index in [-0.39, 0.29) is 12.2 Å². The van der Waals surface area contributed by atoms with E-state index >= 15 is 0 Å². The molecule has 0 amide bonds. The molecule has 7 nitrogen and oxygen atoms in total. The summed E-state index contributed by atoms with van der Waals surface area (Å²) in [4.78, 5) is 45.3. The predicted molar refractivity (Wildman–Crippen MR) is 86.1 cm³/mol. The van der Waals surface area contributed by atoms with Gasteiger partial charge in [0.15, 0.2) is 0 Å². The normalized spacial score (nSPS) is 32.4. The molecule has 1 saturated heterocycles. The van der Waals surface area contributed by atoms with Gasteiger partial charge in [0.1, 0.15) is 25.1 Å². The molecule has 0 bridgehead atoms. The van der Waals surface area contributed by atoms with Crippen molar-refractivity contribution in [1.82, 2.24) is 0 Å². The third kappa shape index (κ3) is 4.43. The first-order valence-electron chi connectivity index (χ1n) is 7.92. The van der Waals surface area contributed by atoms with E-state index in [9.17, 15) is 19.2 Å². The van der Waals surface area contributed by atoms with Crippen LogP contribution in [-0.2, 0) is 33.4 Å². The highest BCUT2D eigenvalue weighted by Crippen LogP contribution is 2.38. The first-order valence-corrected chi connectivity index (χ1v) is 7.92. The molecule has 25 heavy (non-hydrogen) atoms. The summed E-state index contributed by atoms with van der Waals surface area (Å²) in [5.41, 5.74) is 0.752. The van der Waals surface area contributed by atoms with Crippen LogP contribution in [0.15, 0.2) is 36.0 Å². The standard InChI is InChI=1S/C18H20O7/c1-11-16-15(25-18(11)22)7-6-13(8-19)4-3-5-14(9-23-10-20)17(16)24-12(2)21/h3-5,8,10,14-17H,1,6-7,9H2,2H3/b5-3-,13-4+/t14-,15-,16+,17+/m1/s1. The van der Waals surface area contributed by atoms with Crippen molar-refractivity contribution in [3.05, 3.63) is 36.0 Å². The van der Waals surface area contributed by atoms with Crippen LogP contribution in [0.1, 0.15) is 19.8 Å². The largest absolute Gasteiger partial charge is 0.467 e. The molecule has 0 aromatic carbocycles. The zero-order chi connectivity index (χ0) is 18.4. The van der Waals surface area contributed by atoms with Gasteiger partial charge in [-0.15, -0.1) is 0 Å². The molecule has 1 fully saturated rings. The minimum atomic E-state index is -0.774. The smallest absolute Gasteiger partial charge is 0.334 e. The summed E-state index contributed by atoms with van der Waals surface area (Å²) in [5.74, 6) is -2.17. The van der Waals surface area contributed by atoms with Crippen molar-refractivity contribution in [1.29, 1.82) is 0 Å². The first kappa shape index (κ1) is 18.6. The van der Waals surface area contributed by atoms with E-state index in [0.29, 0.717) is 24.9 Å². The van der Waals surface area contributed by atoms with Crippen molar-refractivity contribution in [3.8, 4) is 0 Å². The molecule has 0 aromatic rings. The van der Waals surface area contributed by atoms with Gasteiger partial charge in [-0.05, 0) is 18.4 Å². The lowest BCUT2D eigenvalue weighted by Crippen LogP contribution is -2.40. The first-order chi connectivity index (χ1) is 12.0. The Morgan fingerprint density at radius 1 is 1.44 bits per heavy atom. The van der Waals surface area contributed by atoms with Gasteiger partial charge in [-0.1, -0.05) is 24.8 Å². The maximum Gasteiger partial charge on any atom is 0.334 e. The Labute approximate surface area is 145 Å². The van der Waals surface area contributed by atoms with E-state index in [4.69, 9.17) is 14.2 Å². The number of hydrogen-bond donors (Lipinski definition) is 0. The number of esters is 2. The average Bonchev–Trinajstić information content (AvgIpc) is 2.86. The fourth-order valence-corrected chi connectivity index (χ4v) is 3.14. The zero-order valence-corrected chi connectivity index (χ0v) is 13.9. The maximum absolute atomic E-state index is 12.0. The van der Waals surface area contributed by atoms with Gasteiger partial charge in [0, 0.05) is 18.4 Å². The van der Waals surface area contributed by atoms with Crippen LogP contribution >= 0.6 is 0 Å². The second-order valence-electron chi connectivity index (χ2n) is 5.95. The van der Waals surface area contributed by atoms with Crippen LogP contribution in [0, 0.1) is 11.8 Å². The van der Waals surface area contributed by atoms with E-state index < -0.39 is 36.0 Å². The Morgan fingerprint density at radius 3 is 2.84 bits per heavy atom. The van der Waals surface area contributed by atoms with E-state index in [1.54, 1.807) is 18.2 Å². The second kappa shape index (κ2) is 8.41. The molecular formula is C18H20O7. The van der Waals surface area contributed by atoms with Gasteiger partial charge in [-0.2, -0.15) is 0 Å². The number of carbonyl (C=O) groups is 4. The molecule has 0 radical (unpaired) electrons. The predicted octanol–water partition coefficient (Wildman–Crippen LogP) is 1.28. The Balaban J connectivity index is 2.45. The maximum atomic E-state index is 12.0. The van der Waals surface area contributed by atoms with E-state index in [2.05, 4.69) is 6.58 Å². The molecule has 7 heteroatoms. The van der Waals surface area contributed by atoms with Gasteiger partial charge < -0.3 is 14.2 Å². The van der Waals surface area contributed by atoms with Gasteiger partial charge in [0.05, 0.1) is 5.92 Å². The van der Waals surface area contributed by atoms with Gasteiger partial charge in [-0.25, -0.2) is 4.79 Å². The molecule has 134 valence electrons. The lowest BCUT2D eigenvalue weighted by Gasteiger charge is -2.31. The minimum absolute atomic E-state index is 0.0487. The number of aldehydes is 1. The number of hydrogen-bond acceptors (Lipinski definition) is 7. The van der Waals surface area contributed by atoms with Crippen molar-refractivity contribution < 1.29 is 33.4 Å². The van der Waals surface area contributed by atoms with Crippen molar-refractivity contribution in [3.63, 3.8) is 0 Å². The number of carbonyl (C=O) groups excluding carboxylic acids is 4. The lowest BCUT2D eigenvalue weighted by atomic mass is 9.81. The van der Waals surface area contributed by atoms with Crippen molar-refractivity contribution in [2.75, 3.05) is 6.61 Å². The highest BCUT2D eigenvalue weighted by molar-refractivity contribution is 5.91. The molecule has 2 rings (SSSR count). The van der Waals surface area contributed by atoms with Gasteiger partial charge >= 0.3 is 11.9 Å². The van der Waals surface area contributed by atoms with Crippen LogP contribution in [0.4, 0.5) is 0 Å². The fourth-order valence-electron chi connectivity index (χ4n) is 3.14. The molecule has 1 heterocycles. The van der Waals surface area contributed by atoms with Gasteiger partial charge in [-0.3, -0.25) is 14.4 Å². The summed E-state index contributed by atoms with van der Waals surface area (Å²) >= 11 is 0. The number of fused-ring (bicyclic) bond motifs is 1. The SMILES string of the molecule is C=C1C(=O)O[C@@H]2CC/C(C=O)=C\C=C/[C@H](COC=O)[C@H](OC(C)=O)[C@@H]12. The number of rotatable bonds is 5. The summed E-state index contributed by atoms with van der Waals surface area (Å²) in [5, 5.41) is 0. The topological polar surface area (TPSA) is 96.0 Å². The lowest BCUT2D eigenvalue weighted by molar-refractivity contribution is -0.154. The number of allylic oxidation sites excluding steroid dienone is 3. The average molecular weight is 348 g/mol. The van der Waals surface area contributed by atoms with Crippen LogP contribution in [0.2, 0.25) is 0 Å². The summed E-state index contributed by atoms with van der Waals surface area (Å²) in [6.45, 7) is 5.29. The third-order valence-corrected chi connectivity index (χ3v) is 4.30. The molecular weight excluding hydrogens is 328 g/mol. The van der Waals surface area contributed by atoms with Crippen LogP contribution in [0.5, 0.6) is 0 Å². The van der Waals surface area contributed by atoms with Gasteiger partial charge in [0.2, 0.25) is 0 Å². The molecule has 1 aliphatic heterocycles. The van der Waals surface area contributed by atoms with Crippen molar-refractivity contribution in [2.24, 2.45) is 11.8 Å². The van der Waals surface area contributed by atoms with Crippen LogP contribution in [0.3, 0.4) is 0 Å². The highest BCUT2D eigenvalue weighted by atomic mass is 16.6. The molecule has 1 aliphatic carbocycles. The van der Waals surface area contributed by atoms with E-state index in [0.717, 1.165) is 6.29 Å². The molecule has 4 atom stereocenters. The van der Waals surface area contributed by atoms with Crippen molar-refractivity contribution in [2.45, 2.75) is 32.0 Å². The molecule has 0 aromatic heterocycles. The van der Waals surface area contributed by atoms with Crippen LogP contribution < -0.4 is 0 Å². The molecule has 0 spiro atoms. The van der Waals surface area contributed by atoms with Crippen molar-refractivity contribution >= 4 is 24.7 Å². The number of ether oxygens (including phenoxy) is 3. The van der Waals surface area contributed by atoms with E-state index in [1.807, 2.05) is 0 Å². The van der Waals surface area contributed by atoms with Crippen LogP contribution in [-0.4, -0.2) is 43.5 Å². The third-order valence-electron chi connectivity index (χ3n) is 4.30. The van der Waals surface area contributed by atoms with E-state index in [1.165, 1.54) is 6.92 Å². The van der Waals surface area contributed by atoms with Gasteiger partial charge in [0.25, 0.3) is 6.47 Å². The van der Waals surface area contributed by atoms with Crippen LogP contribution in [0.25, 0.3) is 0 Å². The Kier molecular flexibility index (Phi) is 6.27.